The molecule has 0 radical (unpaired) electrons. The first-order valence-electron chi connectivity index (χ1n) is 8.19. The number of benzene rings is 3. The molecule has 0 fully saturated rings. The molecule has 0 saturated heterocycles. The fourth-order valence-electron chi connectivity index (χ4n) is 3.99. The van der Waals surface area contributed by atoms with Crippen LogP contribution in [0.3, 0.4) is 0 Å². The van der Waals surface area contributed by atoms with Gasteiger partial charge in [-0.05, 0) is 49.6 Å². The molecule has 2 nitrogen and oxygen atoms in total. The van der Waals surface area contributed by atoms with Crippen molar-refractivity contribution in [3.63, 3.8) is 0 Å². The van der Waals surface area contributed by atoms with Gasteiger partial charge in [0.05, 0.1) is 0 Å². The van der Waals surface area contributed by atoms with Crippen LogP contribution in [0.2, 0.25) is 0 Å². The summed E-state index contributed by atoms with van der Waals surface area (Å²) in [7, 11) is 0. The Hall–Kier alpha value is -2.58. The molecular formula is C22H20O2. The lowest BCUT2D eigenvalue weighted by Crippen LogP contribution is -2.34. The molecule has 0 aromatic heterocycles. The number of hydrogen-bond donors (Lipinski definition) is 1. The Balaban J connectivity index is 2.11. The number of fused-ring (bicyclic) bond motifs is 2. The summed E-state index contributed by atoms with van der Waals surface area (Å²) >= 11 is 0. The Labute approximate surface area is 142 Å². The van der Waals surface area contributed by atoms with Crippen LogP contribution >= 0.6 is 0 Å². The minimum atomic E-state index is -1.21. The predicted octanol–water partition coefficient (Wildman–Crippen LogP) is 5.00. The molecule has 3 aromatic rings. The minimum Gasteiger partial charge on any atom is -0.457 e. The Bertz CT molecular complexity index is 872. The monoisotopic (exact) mass is 316 g/mol. The van der Waals surface area contributed by atoms with Gasteiger partial charge in [-0.2, -0.15) is 0 Å². The van der Waals surface area contributed by atoms with Gasteiger partial charge in [-0.25, -0.2) is 0 Å². The highest BCUT2D eigenvalue weighted by Gasteiger charge is 2.43. The van der Waals surface area contributed by atoms with Gasteiger partial charge in [0.2, 0.25) is 0 Å². The van der Waals surface area contributed by atoms with Crippen LogP contribution < -0.4 is 4.74 Å². The molecule has 0 aliphatic carbocycles. The van der Waals surface area contributed by atoms with Crippen molar-refractivity contribution in [1.29, 1.82) is 0 Å². The lowest BCUT2D eigenvalue weighted by molar-refractivity contribution is 0.111. The zero-order valence-corrected chi connectivity index (χ0v) is 14.1. The number of aliphatic hydroxyl groups is 1. The zero-order chi connectivity index (χ0) is 16.9. The van der Waals surface area contributed by atoms with E-state index >= 15 is 0 Å². The normalized spacial score (nSPS) is 14.5. The van der Waals surface area contributed by atoms with E-state index in [1.54, 1.807) is 0 Å². The van der Waals surface area contributed by atoms with Crippen LogP contribution in [0.1, 0.15) is 33.4 Å². The summed E-state index contributed by atoms with van der Waals surface area (Å²) < 4.78 is 6.04. The van der Waals surface area contributed by atoms with E-state index in [1.807, 2.05) is 48.5 Å². The highest BCUT2D eigenvalue weighted by molar-refractivity contribution is 5.63. The van der Waals surface area contributed by atoms with E-state index in [4.69, 9.17) is 4.74 Å². The lowest BCUT2D eigenvalue weighted by atomic mass is 9.74. The van der Waals surface area contributed by atoms with Gasteiger partial charge in [-0.15, -0.1) is 0 Å². The zero-order valence-electron chi connectivity index (χ0n) is 14.1. The first-order valence-corrected chi connectivity index (χ1v) is 8.19. The maximum Gasteiger partial charge on any atom is 0.148 e. The van der Waals surface area contributed by atoms with Crippen molar-refractivity contribution in [2.75, 3.05) is 0 Å². The first kappa shape index (κ1) is 15.0. The fraction of sp³-hybridized carbons (Fsp3) is 0.182. The van der Waals surface area contributed by atoms with Crippen molar-refractivity contribution >= 4 is 0 Å². The molecule has 0 atom stereocenters. The quantitative estimate of drug-likeness (QED) is 0.684. The Kier molecular flexibility index (Phi) is 3.26. The van der Waals surface area contributed by atoms with E-state index < -0.39 is 5.60 Å². The average molecular weight is 316 g/mol. The maximum atomic E-state index is 12.0. The maximum absolute atomic E-state index is 12.0. The van der Waals surface area contributed by atoms with Crippen LogP contribution in [-0.2, 0) is 5.60 Å². The number of rotatable bonds is 1. The van der Waals surface area contributed by atoms with Crippen molar-refractivity contribution in [3.05, 3.63) is 94.0 Å². The van der Waals surface area contributed by atoms with Gasteiger partial charge in [0.15, 0.2) is 0 Å². The van der Waals surface area contributed by atoms with E-state index in [2.05, 4.69) is 32.9 Å². The highest BCUT2D eigenvalue weighted by atomic mass is 16.5. The molecule has 1 heterocycles. The predicted molar refractivity (Wildman–Crippen MR) is 95.7 cm³/mol. The summed E-state index contributed by atoms with van der Waals surface area (Å²) in [5.74, 6) is 1.41. The number of ether oxygens (including phenoxy) is 1. The topological polar surface area (TPSA) is 29.5 Å². The second kappa shape index (κ2) is 5.22. The molecular weight excluding hydrogens is 296 g/mol. The third-order valence-corrected chi connectivity index (χ3v) is 4.81. The molecule has 3 aromatic carbocycles. The van der Waals surface area contributed by atoms with Crippen LogP contribution in [0.25, 0.3) is 0 Å². The Morgan fingerprint density at radius 2 is 1.21 bits per heavy atom. The van der Waals surface area contributed by atoms with Crippen molar-refractivity contribution in [2.24, 2.45) is 0 Å². The van der Waals surface area contributed by atoms with Gasteiger partial charge < -0.3 is 9.84 Å². The third kappa shape index (κ3) is 2.00. The van der Waals surface area contributed by atoms with E-state index in [1.165, 1.54) is 5.56 Å². The lowest BCUT2D eigenvalue weighted by Gasteiger charge is -2.38. The van der Waals surface area contributed by atoms with Gasteiger partial charge in [-0.1, -0.05) is 54.1 Å². The van der Waals surface area contributed by atoms with E-state index in [9.17, 15) is 5.11 Å². The van der Waals surface area contributed by atoms with E-state index in [0.717, 1.165) is 27.8 Å². The van der Waals surface area contributed by atoms with Crippen molar-refractivity contribution in [1.82, 2.24) is 0 Å². The Morgan fingerprint density at radius 1 is 0.750 bits per heavy atom. The molecule has 1 N–H and O–H groups in total. The largest absolute Gasteiger partial charge is 0.457 e. The molecule has 0 amide bonds. The van der Waals surface area contributed by atoms with Gasteiger partial charge in [0.1, 0.15) is 17.1 Å². The van der Waals surface area contributed by atoms with Crippen LogP contribution in [0.4, 0.5) is 0 Å². The SMILES string of the molecule is Cc1cc(C)c(C2(O)c3ccccc3Oc3ccccc32)c(C)c1. The van der Waals surface area contributed by atoms with Crippen molar-refractivity contribution in [2.45, 2.75) is 26.4 Å². The van der Waals surface area contributed by atoms with Crippen molar-refractivity contribution < 1.29 is 9.84 Å². The highest BCUT2D eigenvalue weighted by Crippen LogP contribution is 2.51. The summed E-state index contributed by atoms with van der Waals surface area (Å²) in [4.78, 5) is 0. The summed E-state index contributed by atoms with van der Waals surface area (Å²) in [6, 6.07) is 19.7. The molecule has 0 unspecified atom stereocenters. The number of hydrogen-bond acceptors (Lipinski definition) is 2. The molecule has 24 heavy (non-hydrogen) atoms. The second-order valence-electron chi connectivity index (χ2n) is 6.58. The van der Waals surface area contributed by atoms with Crippen LogP contribution in [0.15, 0.2) is 60.7 Å². The van der Waals surface area contributed by atoms with Crippen LogP contribution in [0, 0.1) is 20.8 Å². The van der Waals surface area contributed by atoms with Gasteiger partial charge in [0, 0.05) is 11.1 Å². The van der Waals surface area contributed by atoms with Gasteiger partial charge in [-0.3, -0.25) is 0 Å². The summed E-state index contributed by atoms with van der Waals surface area (Å²) in [6.45, 7) is 6.21. The standard InChI is InChI=1S/C22H20O2/c1-14-12-15(2)21(16(3)13-14)22(23)17-8-4-6-10-19(17)24-20-11-7-5-9-18(20)22/h4-13,23H,1-3H3. The molecule has 1 aliphatic heterocycles. The fourth-order valence-corrected chi connectivity index (χ4v) is 3.99. The molecule has 1 aliphatic rings. The third-order valence-electron chi connectivity index (χ3n) is 4.81. The molecule has 0 bridgehead atoms. The van der Waals surface area contributed by atoms with Gasteiger partial charge in [0.25, 0.3) is 0 Å². The number of aryl methyl sites for hydroxylation is 3. The molecule has 4 rings (SSSR count). The van der Waals surface area contributed by atoms with E-state index in [-0.39, 0.29) is 0 Å². The summed E-state index contributed by atoms with van der Waals surface area (Å²) in [5, 5.41) is 12.0. The Morgan fingerprint density at radius 3 is 1.71 bits per heavy atom. The number of para-hydroxylation sites is 2. The molecule has 120 valence electrons. The molecule has 0 saturated carbocycles. The van der Waals surface area contributed by atoms with Crippen LogP contribution in [-0.4, -0.2) is 5.11 Å². The summed E-state index contributed by atoms with van der Waals surface area (Å²) in [5.41, 5.74) is 4.68. The first-order chi connectivity index (χ1) is 11.5. The smallest absolute Gasteiger partial charge is 0.148 e. The molecule has 0 spiro atoms. The van der Waals surface area contributed by atoms with Gasteiger partial charge >= 0.3 is 0 Å². The average Bonchev–Trinajstić information content (AvgIpc) is 2.54. The van der Waals surface area contributed by atoms with Crippen LogP contribution in [0.5, 0.6) is 11.5 Å². The van der Waals surface area contributed by atoms with Crippen molar-refractivity contribution in [3.8, 4) is 11.5 Å². The van der Waals surface area contributed by atoms with E-state index in [0.29, 0.717) is 11.5 Å². The summed E-state index contributed by atoms with van der Waals surface area (Å²) in [6.07, 6.45) is 0. The second-order valence-corrected chi connectivity index (χ2v) is 6.58. The molecule has 2 heteroatoms. The minimum absolute atomic E-state index is 0.707.